The lowest BCUT2D eigenvalue weighted by atomic mass is 9.88. The predicted octanol–water partition coefficient (Wildman–Crippen LogP) is 4.44. The van der Waals surface area contributed by atoms with Gasteiger partial charge in [-0.25, -0.2) is 8.42 Å². The van der Waals surface area contributed by atoms with Crippen molar-refractivity contribution < 1.29 is 13.2 Å². The van der Waals surface area contributed by atoms with E-state index in [1.165, 1.54) is 12.1 Å². The molecule has 0 unspecified atom stereocenters. The maximum atomic E-state index is 12.2. The van der Waals surface area contributed by atoms with Crippen LogP contribution in [0.2, 0.25) is 10.0 Å². The number of hydrogen-bond acceptors (Lipinski definition) is 3. The zero-order valence-corrected chi connectivity index (χ0v) is 14.1. The number of benzene rings is 1. The van der Waals surface area contributed by atoms with Crippen LogP contribution in [0.25, 0.3) is 0 Å². The first kappa shape index (κ1) is 16.9. The number of nitrogens with one attached hydrogen (secondary N) is 1. The van der Waals surface area contributed by atoms with Gasteiger partial charge in [-0.1, -0.05) is 42.5 Å². The Bertz CT molecular complexity index is 632. The van der Waals surface area contributed by atoms with Crippen LogP contribution >= 0.6 is 33.9 Å². The highest BCUT2D eigenvalue weighted by Crippen LogP contribution is 2.35. The number of carbonyl (C=O) groups excluding carboxylic acids is 1. The highest BCUT2D eigenvalue weighted by Gasteiger charge is 2.23. The number of halogens is 3. The van der Waals surface area contributed by atoms with Crippen molar-refractivity contribution in [1.29, 1.82) is 0 Å². The maximum absolute atomic E-state index is 12.2. The molecular weight excluding hydrogens is 357 g/mol. The first-order chi connectivity index (χ1) is 9.79. The van der Waals surface area contributed by atoms with Crippen molar-refractivity contribution in [3.63, 3.8) is 0 Å². The van der Waals surface area contributed by atoms with Gasteiger partial charge in [0, 0.05) is 16.6 Å². The van der Waals surface area contributed by atoms with E-state index < -0.39 is 9.05 Å². The van der Waals surface area contributed by atoms with Crippen molar-refractivity contribution in [2.45, 2.75) is 37.0 Å². The molecule has 0 bridgehead atoms. The second-order valence-corrected chi connectivity index (χ2v) is 8.40. The molecule has 1 aromatic carbocycles. The van der Waals surface area contributed by atoms with Crippen molar-refractivity contribution in [3.05, 3.63) is 22.2 Å². The van der Waals surface area contributed by atoms with Gasteiger partial charge in [0.1, 0.15) is 0 Å². The number of carbonyl (C=O) groups is 1. The molecule has 1 N–H and O–H groups in total. The molecule has 4 nitrogen and oxygen atoms in total. The number of anilines is 1. The van der Waals surface area contributed by atoms with Crippen molar-refractivity contribution >= 4 is 54.5 Å². The summed E-state index contributed by atoms with van der Waals surface area (Å²) in [5.41, 5.74) is 0.220. The average molecular weight is 371 g/mol. The minimum atomic E-state index is -3.92. The summed E-state index contributed by atoms with van der Waals surface area (Å²) in [6, 6.07) is 2.35. The molecule has 0 atom stereocenters. The quantitative estimate of drug-likeness (QED) is 0.800. The van der Waals surface area contributed by atoms with Crippen LogP contribution in [0.1, 0.15) is 32.1 Å². The molecule has 1 amide bonds. The first-order valence-corrected chi connectivity index (χ1v) is 9.60. The van der Waals surface area contributed by atoms with Crippen molar-refractivity contribution in [1.82, 2.24) is 0 Å². The summed E-state index contributed by atoms with van der Waals surface area (Å²) in [6.45, 7) is 0. The number of amides is 1. The smallest absolute Gasteiger partial charge is 0.261 e. The van der Waals surface area contributed by atoms with Gasteiger partial charge >= 0.3 is 0 Å². The zero-order valence-electron chi connectivity index (χ0n) is 11.0. The van der Waals surface area contributed by atoms with Crippen LogP contribution in [-0.4, -0.2) is 14.3 Å². The fourth-order valence-corrected chi connectivity index (χ4v) is 3.90. The molecule has 1 fully saturated rings. The van der Waals surface area contributed by atoms with E-state index in [0.29, 0.717) is 0 Å². The maximum Gasteiger partial charge on any atom is 0.261 e. The normalized spacial score (nSPS) is 16.7. The largest absolute Gasteiger partial charge is 0.323 e. The Morgan fingerprint density at radius 3 is 2.10 bits per heavy atom. The standard InChI is InChI=1S/C13H14Cl3NO3S/c14-10-6-9(21(16,19)20)7-11(15)12(10)17-13(18)8-4-2-1-3-5-8/h6-8H,1-5H2,(H,17,18). The van der Waals surface area contributed by atoms with Crippen LogP contribution in [-0.2, 0) is 13.8 Å². The van der Waals surface area contributed by atoms with E-state index in [0.717, 1.165) is 32.1 Å². The van der Waals surface area contributed by atoms with Gasteiger partial charge in [-0.05, 0) is 25.0 Å². The fraction of sp³-hybridized carbons (Fsp3) is 0.462. The van der Waals surface area contributed by atoms with Crippen LogP contribution in [0.3, 0.4) is 0 Å². The molecule has 0 heterocycles. The summed E-state index contributed by atoms with van der Waals surface area (Å²) < 4.78 is 22.6. The molecule has 0 spiro atoms. The topological polar surface area (TPSA) is 63.2 Å². The Kier molecular flexibility index (Phi) is 5.41. The third-order valence-corrected chi connectivity index (χ3v) is 5.45. The van der Waals surface area contributed by atoms with E-state index in [-0.39, 0.29) is 32.5 Å². The molecular formula is C13H14Cl3NO3S. The summed E-state index contributed by atoms with van der Waals surface area (Å²) in [7, 11) is 1.33. The molecule has 0 saturated heterocycles. The Labute approximate surface area is 138 Å². The molecule has 1 aromatic rings. The van der Waals surface area contributed by atoms with E-state index in [9.17, 15) is 13.2 Å². The molecule has 1 saturated carbocycles. The highest BCUT2D eigenvalue weighted by molar-refractivity contribution is 8.13. The molecule has 8 heteroatoms. The van der Waals surface area contributed by atoms with Gasteiger partial charge in [0.2, 0.25) is 5.91 Å². The number of hydrogen-bond donors (Lipinski definition) is 1. The molecule has 1 aliphatic rings. The SMILES string of the molecule is O=C(Nc1c(Cl)cc(S(=O)(=O)Cl)cc1Cl)C1CCCCC1. The minimum absolute atomic E-state index is 0.0471. The molecule has 0 aromatic heterocycles. The molecule has 1 aliphatic carbocycles. The monoisotopic (exact) mass is 369 g/mol. The molecule has 21 heavy (non-hydrogen) atoms. The van der Waals surface area contributed by atoms with Gasteiger partial charge < -0.3 is 5.32 Å². The lowest BCUT2D eigenvalue weighted by Crippen LogP contribution is -2.25. The number of rotatable bonds is 3. The molecule has 0 aliphatic heterocycles. The third-order valence-electron chi connectivity index (χ3n) is 3.52. The Hall–Kier alpha value is -0.490. The average Bonchev–Trinajstić information content (AvgIpc) is 2.42. The van der Waals surface area contributed by atoms with E-state index in [2.05, 4.69) is 5.32 Å². The van der Waals surface area contributed by atoms with E-state index in [4.69, 9.17) is 33.9 Å². The van der Waals surface area contributed by atoms with Gasteiger partial charge in [-0.3, -0.25) is 4.79 Å². The van der Waals surface area contributed by atoms with Gasteiger partial charge in [-0.2, -0.15) is 0 Å². The Morgan fingerprint density at radius 2 is 1.62 bits per heavy atom. The van der Waals surface area contributed by atoms with Crippen molar-refractivity contribution in [2.24, 2.45) is 5.92 Å². The van der Waals surface area contributed by atoms with Crippen molar-refractivity contribution in [3.8, 4) is 0 Å². The molecule has 2 rings (SSSR count). The second-order valence-electron chi connectivity index (χ2n) is 5.02. The van der Waals surface area contributed by atoms with Crippen LogP contribution in [0.5, 0.6) is 0 Å². The summed E-state index contributed by atoms with van der Waals surface area (Å²) in [4.78, 5) is 12.0. The van der Waals surface area contributed by atoms with Gasteiger partial charge in [-0.15, -0.1) is 0 Å². The lowest BCUT2D eigenvalue weighted by molar-refractivity contribution is -0.120. The van der Waals surface area contributed by atoms with Crippen LogP contribution in [0, 0.1) is 5.92 Å². The third kappa shape index (κ3) is 4.25. The Balaban J connectivity index is 2.22. The first-order valence-electron chi connectivity index (χ1n) is 6.53. The van der Waals surface area contributed by atoms with Crippen LogP contribution in [0.15, 0.2) is 17.0 Å². The van der Waals surface area contributed by atoms with E-state index in [1.54, 1.807) is 0 Å². The molecule has 0 radical (unpaired) electrons. The van der Waals surface area contributed by atoms with E-state index in [1.807, 2.05) is 0 Å². The van der Waals surface area contributed by atoms with Gasteiger partial charge in [0.25, 0.3) is 9.05 Å². The molecule has 116 valence electrons. The van der Waals surface area contributed by atoms with Gasteiger partial charge in [0.05, 0.1) is 20.6 Å². The summed E-state index contributed by atoms with van der Waals surface area (Å²) in [5.74, 6) is -0.192. The minimum Gasteiger partial charge on any atom is -0.323 e. The highest BCUT2D eigenvalue weighted by atomic mass is 35.7. The van der Waals surface area contributed by atoms with Crippen LogP contribution < -0.4 is 5.32 Å². The van der Waals surface area contributed by atoms with Gasteiger partial charge in [0.15, 0.2) is 0 Å². The lowest BCUT2D eigenvalue weighted by Gasteiger charge is -2.21. The van der Waals surface area contributed by atoms with Crippen LogP contribution in [0.4, 0.5) is 5.69 Å². The van der Waals surface area contributed by atoms with E-state index >= 15 is 0 Å². The Morgan fingerprint density at radius 1 is 1.10 bits per heavy atom. The summed E-state index contributed by atoms with van der Waals surface area (Å²) >= 11 is 12.0. The summed E-state index contributed by atoms with van der Waals surface area (Å²) in [5, 5.41) is 2.78. The predicted molar refractivity (Wildman–Crippen MR) is 84.7 cm³/mol. The zero-order chi connectivity index (χ0) is 15.6. The van der Waals surface area contributed by atoms with Crippen molar-refractivity contribution in [2.75, 3.05) is 5.32 Å². The summed E-state index contributed by atoms with van der Waals surface area (Å²) in [6.07, 6.45) is 4.89. The second kappa shape index (κ2) is 6.73. The fourth-order valence-electron chi connectivity index (χ4n) is 2.40.